The molecule has 0 atom stereocenters. The Hall–Kier alpha value is -0.610. The summed E-state index contributed by atoms with van der Waals surface area (Å²) >= 11 is 0. The van der Waals surface area contributed by atoms with Crippen LogP contribution in [0, 0.1) is 0 Å². The minimum atomic E-state index is -1.12. The number of hydrogen-bond acceptors (Lipinski definition) is 3. The zero-order valence-corrected chi connectivity index (χ0v) is 9.71. The van der Waals surface area contributed by atoms with E-state index in [9.17, 15) is 9.90 Å². The number of carbonyl (C=O) groups is 1. The van der Waals surface area contributed by atoms with Gasteiger partial charge in [0.2, 0.25) is 0 Å². The van der Waals surface area contributed by atoms with Crippen molar-refractivity contribution in [3.8, 4) is 0 Å². The first-order chi connectivity index (χ1) is 6.86. The van der Waals surface area contributed by atoms with Crippen LogP contribution < -0.4 is 0 Å². The largest absolute Gasteiger partial charge is 0.479 e. The van der Waals surface area contributed by atoms with Gasteiger partial charge >= 0.3 is 5.97 Å². The van der Waals surface area contributed by atoms with E-state index in [4.69, 9.17) is 9.78 Å². The molecule has 88 valence electrons. The molecular weight excluding hydrogens is 196 g/mol. The highest BCUT2D eigenvalue weighted by atomic mass is 17.2. The second-order valence-corrected chi connectivity index (χ2v) is 5.14. The number of hydrogen-bond donors (Lipinski definition) is 1. The van der Waals surface area contributed by atoms with Crippen molar-refractivity contribution in [2.24, 2.45) is 0 Å². The third kappa shape index (κ3) is 3.47. The molecule has 0 spiro atoms. The van der Waals surface area contributed by atoms with E-state index in [2.05, 4.69) is 0 Å². The molecule has 1 N–H and O–H groups in total. The monoisotopic (exact) mass is 216 g/mol. The molecule has 0 unspecified atom stereocenters. The fourth-order valence-electron chi connectivity index (χ4n) is 1.66. The normalized spacial score (nSPS) is 21.3. The van der Waals surface area contributed by atoms with Gasteiger partial charge < -0.3 is 5.11 Å². The molecule has 0 aliphatic heterocycles. The van der Waals surface area contributed by atoms with Crippen LogP contribution in [0.3, 0.4) is 0 Å². The molecule has 4 heteroatoms. The van der Waals surface area contributed by atoms with Gasteiger partial charge in [-0.3, -0.25) is 0 Å². The average Bonchev–Trinajstić information content (AvgIpc) is 2.15. The van der Waals surface area contributed by atoms with E-state index in [1.54, 1.807) is 0 Å². The van der Waals surface area contributed by atoms with Crippen molar-refractivity contribution < 1.29 is 19.7 Å². The SMILES string of the molecule is CC(C)(C)OOC1(C(=O)O)CCCCC1. The molecule has 0 amide bonds. The van der Waals surface area contributed by atoms with Gasteiger partial charge in [0, 0.05) is 0 Å². The Morgan fingerprint density at radius 2 is 1.73 bits per heavy atom. The molecule has 0 heterocycles. The molecule has 0 radical (unpaired) electrons. The molecular formula is C11H20O4. The third-order valence-corrected chi connectivity index (χ3v) is 2.50. The molecule has 0 bridgehead atoms. The summed E-state index contributed by atoms with van der Waals surface area (Å²) in [5.74, 6) is -0.911. The predicted molar refractivity (Wildman–Crippen MR) is 55.4 cm³/mol. The Kier molecular flexibility index (Phi) is 3.73. The third-order valence-electron chi connectivity index (χ3n) is 2.50. The Labute approximate surface area is 90.5 Å². The van der Waals surface area contributed by atoms with Crippen LogP contribution in [0.25, 0.3) is 0 Å². The van der Waals surface area contributed by atoms with Crippen molar-refractivity contribution in [2.75, 3.05) is 0 Å². The summed E-state index contributed by atoms with van der Waals surface area (Å²) in [5.41, 5.74) is -1.59. The van der Waals surface area contributed by atoms with E-state index < -0.39 is 17.2 Å². The van der Waals surface area contributed by atoms with Crippen molar-refractivity contribution in [1.82, 2.24) is 0 Å². The van der Waals surface area contributed by atoms with E-state index in [1.807, 2.05) is 20.8 Å². The predicted octanol–water partition coefficient (Wildman–Crippen LogP) is 2.52. The quantitative estimate of drug-likeness (QED) is 0.581. The van der Waals surface area contributed by atoms with Crippen LogP contribution in [0.15, 0.2) is 0 Å². The fraction of sp³-hybridized carbons (Fsp3) is 0.909. The summed E-state index contributed by atoms with van der Waals surface area (Å²) in [5, 5.41) is 9.18. The lowest BCUT2D eigenvalue weighted by molar-refractivity contribution is -0.400. The van der Waals surface area contributed by atoms with E-state index >= 15 is 0 Å². The summed E-state index contributed by atoms with van der Waals surface area (Å²) in [6.45, 7) is 5.52. The Balaban J connectivity index is 2.61. The lowest BCUT2D eigenvalue weighted by Gasteiger charge is -2.33. The molecule has 0 aromatic heterocycles. The van der Waals surface area contributed by atoms with Crippen LogP contribution >= 0.6 is 0 Å². The summed E-state index contributed by atoms with van der Waals surface area (Å²) in [6.07, 6.45) is 3.93. The maximum Gasteiger partial charge on any atom is 0.339 e. The van der Waals surface area contributed by atoms with Gasteiger partial charge in [-0.15, -0.1) is 0 Å². The van der Waals surface area contributed by atoms with Gasteiger partial charge in [0.05, 0.1) is 5.60 Å². The van der Waals surface area contributed by atoms with Crippen LogP contribution in [0.5, 0.6) is 0 Å². The molecule has 1 fully saturated rings. The number of rotatable bonds is 3. The zero-order chi connectivity index (χ0) is 11.5. The van der Waals surface area contributed by atoms with Crippen LogP contribution in [-0.4, -0.2) is 22.3 Å². The Morgan fingerprint density at radius 1 is 1.20 bits per heavy atom. The van der Waals surface area contributed by atoms with Gasteiger partial charge in [-0.25, -0.2) is 14.6 Å². The second kappa shape index (κ2) is 4.49. The molecule has 1 aliphatic carbocycles. The minimum absolute atomic E-state index is 0.472. The van der Waals surface area contributed by atoms with Gasteiger partial charge in [-0.05, 0) is 46.5 Å². The lowest BCUT2D eigenvalue weighted by Crippen LogP contribution is -2.45. The van der Waals surface area contributed by atoms with Gasteiger partial charge in [0.15, 0.2) is 5.60 Å². The molecule has 4 nitrogen and oxygen atoms in total. The average molecular weight is 216 g/mol. The van der Waals surface area contributed by atoms with Crippen molar-refractivity contribution in [3.63, 3.8) is 0 Å². The molecule has 1 saturated carbocycles. The Morgan fingerprint density at radius 3 is 2.13 bits per heavy atom. The highest BCUT2D eigenvalue weighted by molar-refractivity contribution is 5.77. The van der Waals surface area contributed by atoms with E-state index in [0.29, 0.717) is 12.8 Å². The standard InChI is InChI=1S/C11H20O4/c1-10(2,3)14-15-11(9(12)13)7-5-4-6-8-11/h4-8H2,1-3H3,(H,12,13). The summed E-state index contributed by atoms with van der Waals surface area (Å²) in [6, 6.07) is 0. The number of aliphatic carboxylic acids is 1. The van der Waals surface area contributed by atoms with E-state index in [0.717, 1.165) is 19.3 Å². The van der Waals surface area contributed by atoms with E-state index in [1.165, 1.54) is 0 Å². The molecule has 1 aliphatic rings. The second-order valence-electron chi connectivity index (χ2n) is 5.14. The van der Waals surface area contributed by atoms with Gasteiger partial charge in [-0.2, -0.15) is 0 Å². The lowest BCUT2D eigenvalue weighted by atomic mass is 9.85. The van der Waals surface area contributed by atoms with Crippen LogP contribution in [-0.2, 0) is 14.6 Å². The number of carboxylic acids is 1. The maximum absolute atomic E-state index is 11.2. The molecule has 0 aromatic rings. The summed E-state index contributed by atoms with van der Waals surface area (Å²) in [4.78, 5) is 21.5. The van der Waals surface area contributed by atoms with Crippen molar-refractivity contribution >= 4 is 5.97 Å². The molecule has 15 heavy (non-hydrogen) atoms. The van der Waals surface area contributed by atoms with Crippen LogP contribution in [0.1, 0.15) is 52.9 Å². The molecule has 1 rings (SSSR count). The highest BCUT2D eigenvalue weighted by Crippen LogP contribution is 2.33. The Bertz CT molecular complexity index is 223. The van der Waals surface area contributed by atoms with Gasteiger partial charge in [0.25, 0.3) is 0 Å². The summed E-state index contributed by atoms with van der Waals surface area (Å²) < 4.78 is 0. The first-order valence-electron chi connectivity index (χ1n) is 5.46. The highest BCUT2D eigenvalue weighted by Gasteiger charge is 2.43. The van der Waals surface area contributed by atoms with Crippen molar-refractivity contribution in [3.05, 3.63) is 0 Å². The smallest absolute Gasteiger partial charge is 0.339 e. The number of carboxylic acid groups (broad SMARTS) is 1. The van der Waals surface area contributed by atoms with Crippen molar-refractivity contribution in [1.29, 1.82) is 0 Å². The minimum Gasteiger partial charge on any atom is -0.479 e. The first-order valence-corrected chi connectivity index (χ1v) is 5.46. The molecule has 0 saturated heterocycles. The molecule has 0 aromatic carbocycles. The topological polar surface area (TPSA) is 55.8 Å². The van der Waals surface area contributed by atoms with Gasteiger partial charge in [0.1, 0.15) is 0 Å². The van der Waals surface area contributed by atoms with Gasteiger partial charge in [-0.1, -0.05) is 6.42 Å². The van der Waals surface area contributed by atoms with Crippen molar-refractivity contribution in [2.45, 2.75) is 64.1 Å². The fourth-order valence-corrected chi connectivity index (χ4v) is 1.66. The van der Waals surface area contributed by atoms with Crippen LogP contribution in [0.4, 0.5) is 0 Å². The maximum atomic E-state index is 11.2. The first kappa shape index (κ1) is 12.5. The van der Waals surface area contributed by atoms with Crippen LogP contribution in [0.2, 0.25) is 0 Å². The van der Waals surface area contributed by atoms with E-state index in [-0.39, 0.29) is 0 Å². The summed E-state index contributed by atoms with van der Waals surface area (Å²) in [7, 11) is 0. The zero-order valence-electron chi connectivity index (χ0n) is 9.71.